The Labute approximate surface area is 212 Å². The number of aryl methyl sites for hydroxylation is 2. The summed E-state index contributed by atoms with van der Waals surface area (Å²) in [5.74, 6) is 1.07. The number of amides is 2. The van der Waals surface area contributed by atoms with E-state index in [1.54, 1.807) is 32.4 Å². The molecule has 0 radical (unpaired) electrons. The maximum absolute atomic E-state index is 13.1. The first-order chi connectivity index (χ1) is 17.4. The van der Waals surface area contributed by atoms with Gasteiger partial charge in [-0.25, -0.2) is 0 Å². The van der Waals surface area contributed by atoms with Gasteiger partial charge in [0.1, 0.15) is 0 Å². The van der Waals surface area contributed by atoms with Gasteiger partial charge in [0.05, 0.1) is 25.5 Å². The third-order valence-electron chi connectivity index (χ3n) is 6.64. The predicted molar refractivity (Wildman–Crippen MR) is 139 cm³/mol. The van der Waals surface area contributed by atoms with Gasteiger partial charge in [-0.3, -0.25) is 14.6 Å². The minimum atomic E-state index is -0.122. The quantitative estimate of drug-likeness (QED) is 0.524. The number of carbonyl (C=O) groups is 2. The molecule has 0 unspecified atom stereocenters. The van der Waals surface area contributed by atoms with Crippen molar-refractivity contribution in [3.8, 4) is 11.5 Å². The molecule has 0 bridgehead atoms. The Kier molecular flexibility index (Phi) is 7.88. The zero-order valence-electron chi connectivity index (χ0n) is 21.3. The van der Waals surface area contributed by atoms with E-state index in [1.807, 2.05) is 49.1 Å². The van der Waals surface area contributed by atoms with Gasteiger partial charge in [0.15, 0.2) is 11.5 Å². The number of aromatic nitrogens is 1. The van der Waals surface area contributed by atoms with E-state index < -0.39 is 0 Å². The minimum absolute atomic E-state index is 0.0391. The number of nitrogens with zero attached hydrogens (tertiary/aromatic N) is 2. The lowest BCUT2D eigenvalue weighted by atomic mass is 9.89. The van der Waals surface area contributed by atoms with E-state index >= 15 is 0 Å². The summed E-state index contributed by atoms with van der Waals surface area (Å²) < 4.78 is 10.6. The Morgan fingerprint density at radius 2 is 1.72 bits per heavy atom. The summed E-state index contributed by atoms with van der Waals surface area (Å²) in [6.07, 6.45) is 1.49. The minimum Gasteiger partial charge on any atom is -0.493 e. The zero-order chi connectivity index (χ0) is 25.7. The molecule has 0 atom stereocenters. The van der Waals surface area contributed by atoms with Crippen molar-refractivity contribution in [2.75, 3.05) is 27.3 Å². The Bertz CT molecular complexity index is 1250. The van der Waals surface area contributed by atoms with Crippen molar-refractivity contribution in [2.24, 2.45) is 0 Å². The lowest BCUT2D eigenvalue weighted by molar-refractivity contribution is 0.0710. The Hall–Kier alpha value is -3.87. The van der Waals surface area contributed by atoms with Crippen LogP contribution in [0.2, 0.25) is 0 Å². The lowest BCUT2D eigenvalue weighted by Gasteiger charge is -2.32. The molecule has 2 heterocycles. The summed E-state index contributed by atoms with van der Waals surface area (Å²) in [5, 5.41) is 3.04. The fourth-order valence-electron chi connectivity index (χ4n) is 4.69. The molecule has 2 aromatic carbocycles. The molecule has 1 N–H and O–H groups in total. The third kappa shape index (κ3) is 5.67. The summed E-state index contributed by atoms with van der Waals surface area (Å²) in [4.78, 5) is 32.9. The molecule has 1 aromatic heterocycles. The van der Waals surface area contributed by atoms with Gasteiger partial charge in [0, 0.05) is 36.8 Å². The second kappa shape index (κ2) is 11.2. The fraction of sp³-hybridized carbons (Fsp3) is 0.345. The van der Waals surface area contributed by atoms with Gasteiger partial charge in [-0.05, 0) is 62.6 Å². The van der Waals surface area contributed by atoms with E-state index in [0.29, 0.717) is 42.3 Å². The van der Waals surface area contributed by atoms with Gasteiger partial charge in [-0.1, -0.05) is 29.8 Å². The van der Waals surface area contributed by atoms with E-state index in [1.165, 1.54) is 0 Å². The number of carbonyl (C=O) groups excluding carboxylic acids is 2. The molecule has 7 heteroatoms. The number of piperidine rings is 1. The number of benzene rings is 2. The first-order valence-corrected chi connectivity index (χ1v) is 12.2. The number of methoxy groups -OCH3 is 2. The van der Waals surface area contributed by atoms with E-state index in [4.69, 9.17) is 14.5 Å². The van der Waals surface area contributed by atoms with Crippen molar-refractivity contribution < 1.29 is 19.1 Å². The Balaban J connectivity index is 1.44. The van der Waals surface area contributed by atoms with Gasteiger partial charge in [-0.15, -0.1) is 0 Å². The van der Waals surface area contributed by atoms with Gasteiger partial charge in [0.2, 0.25) is 0 Å². The van der Waals surface area contributed by atoms with Crippen LogP contribution in [0.15, 0.2) is 54.6 Å². The second-order valence-corrected chi connectivity index (χ2v) is 9.19. The van der Waals surface area contributed by atoms with Crippen molar-refractivity contribution in [3.63, 3.8) is 0 Å². The van der Waals surface area contributed by atoms with Gasteiger partial charge in [-0.2, -0.15) is 0 Å². The summed E-state index contributed by atoms with van der Waals surface area (Å²) in [7, 11) is 3.13. The van der Waals surface area contributed by atoms with Crippen LogP contribution in [0.3, 0.4) is 0 Å². The summed E-state index contributed by atoms with van der Waals surface area (Å²) in [6, 6.07) is 17.1. The maximum Gasteiger partial charge on any atom is 0.253 e. The molecule has 1 saturated heterocycles. The van der Waals surface area contributed by atoms with Crippen LogP contribution in [-0.4, -0.2) is 49.0 Å². The Morgan fingerprint density at radius 1 is 0.972 bits per heavy atom. The van der Waals surface area contributed by atoms with Crippen LogP contribution in [0.25, 0.3) is 0 Å². The number of nitrogens with one attached hydrogen (secondary N) is 1. The van der Waals surface area contributed by atoms with Gasteiger partial charge < -0.3 is 19.7 Å². The lowest BCUT2D eigenvalue weighted by Crippen LogP contribution is -2.38. The van der Waals surface area contributed by atoms with Crippen LogP contribution in [0, 0.1) is 13.8 Å². The maximum atomic E-state index is 13.1. The monoisotopic (exact) mass is 487 g/mol. The molecule has 1 aliphatic rings. The van der Waals surface area contributed by atoms with Crippen LogP contribution in [-0.2, 0) is 6.54 Å². The van der Waals surface area contributed by atoms with Crippen molar-refractivity contribution >= 4 is 11.8 Å². The number of pyridine rings is 1. The average Bonchev–Trinajstić information content (AvgIpc) is 2.91. The number of hydrogen-bond donors (Lipinski definition) is 1. The first kappa shape index (κ1) is 25.2. The van der Waals surface area contributed by atoms with E-state index in [9.17, 15) is 9.59 Å². The van der Waals surface area contributed by atoms with Crippen LogP contribution in [0.1, 0.15) is 62.0 Å². The smallest absolute Gasteiger partial charge is 0.253 e. The number of likely N-dealkylation sites (tertiary alicyclic amines) is 1. The normalized spacial score (nSPS) is 13.8. The van der Waals surface area contributed by atoms with Crippen LogP contribution in [0.4, 0.5) is 0 Å². The van der Waals surface area contributed by atoms with Crippen molar-refractivity contribution in [3.05, 3.63) is 88.2 Å². The average molecular weight is 488 g/mol. The van der Waals surface area contributed by atoms with E-state index in [2.05, 4.69) is 11.4 Å². The highest BCUT2D eigenvalue weighted by atomic mass is 16.5. The third-order valence-corrected chi connectivity index (χ3v) is 6.64. The molecule has 2 amide bonds. The van der Waals surface area contributed by atoms with Crippen LogP contribution >= 0.6 is 0 Å². The van der Waals surface area contributed by atoms with Crippen LogP contribution in [0.5, 0.6) is 11.5 Å². The standard InChI is InChI=1S/C29H33N3O4/c1-19-6-5-7-21(16-19)18-30-28(33)24-10-8-20(2)31-27(24)22-12-14-32(15-13-22)29(34)23-9-11-25(35-3)26(17-23)36-4/h5-11,16-17,22H,12-15,18H2,1-4H3,(H,30,33). The predicted octanol–water partition coefficient (Wildman–Crippen LogP) is 4.67. The topological polar surface area (TPSA) is 80.8 Å². The fourth-order valence-corrected chi connectivity index (χ4v) is 4.69. The highest BCUT2D eigenvalue weighted by molar-refractivity contribution is 5.96. The molecule has 4 rings (SSSR count). The van der Waals surface area contributed by atoms with E-state index in [-0.39, 0.29) is 17.7 Å². The Morgan fingerprint density at radius 3 is 2.42 bits per heavy atom. The molecule has 1 fully saturated rings. The molecular weight excluding hydrogens is 454 g/mol. The SMILES string of the molecule is COc1ccc(C(=O)N2CCC(c3nc(C)ccc3C(=O)NCc3cccc(C)c3)CC2)cc1OC. The highest BCUT2D eigenvalue weighted by Crippen LogP contribution is 2.32. The molecule has 0 saturated carbocycles. The number of rotatable bonds is 7. The number of ether oxygens (including phenoxy) is 2. The van der Waals surface area contributed by atoms with Gasteiger partial charge in [0.25, 0.3) is 11.8 Å². The molecule has 3 aromatic rings. The highest BCUT2D eigenvalue weighted by Gasteiger charge is 2.28. The molecule has 36 heavy (non-hydrogen) atoms. The van der Waals surface area contributed by atoms with E-state index in [0.717, 1.165) is 35.4 Å². The van der Waals surface area contributed by atoms with Crippen molar-refractivity contribution in [1.82, 2.24) is 15.2 Å². The molecule has 188 valence electrons. The van der Waals surface area contributed by atoms with Crippen LogP contribution < -0.4 is 14.8 Å². The van der Waals surface area contributed by atoms with Crippen molar-refractivity contribution in [1.29, 1.82) is 0 Å². The number of hydrogen-bond acceptors (Lipinski definition) is 5. The zero-order valence-corrected chi connectivity index (χ0v) is 21.3. The molecule has 1 aliphatic heterocycles. The molecule has 7 nitrogen and oxygen atoms in total. The summed E-state index contributed by atoms with van der Waals surface area (Å²) >= 11 is 0. The first-order valence-electron chi connectivity index (χ1n) is 12.2. The molecular formula is C29H33N3O4. The summed E-state index contributed by atoms with van der Waals surface area (Å²) in [6.45, 7) is 5.63. The second-order valence-electron chi connectivity index (χ2n) is 9.19. The molecule has 0 aliphatic carbocycles. The van der Waals surface area contributed by atoms with Crippen molar-refractivity contribution in [2.45, 2.75) is 39.2 Å². The van der Waals surface area contributed by atoms with Gasteiger partial charge >= 0.3 is 0 Å². The largest absolute Gasteiger partial charge is 0.493 e. The molecule has 0 spiro atoms. The summed E-state index contributed by atoms with van der Waals surface area (Å²) in [5.41, 5.74) is 5.09.